The van der Waals surface area contributed by atoms with Crippen molar-refractivity contribution in [2.45, 2.75) is 51.0 Å². The predicted molar refractivity (Wildman–Crippen MR) is 119 cm³/mol. The van der Waals surface area contributed by atoms with Crippen molar-refractivity contribution in [2.75, 3.05) is 26.2 Å². The number of rotatable bonds is 1. The first kappa shape index (κ1) is 22.2. The second-order valence-electron chi connectivity index (χ2n) is 8.52. The van der Waals surface area contributed by atoms with Crippen LogP contribution in [0.4, 0.5) is 4.39 Å². The third kappa shape index (κ3) is 5.44. The number of carbonyl (C=O) groups is 2. The maximum atomic E-state index is 14.2. The molecule has 0 aliphatic carbocycles. The Hall–Kier alpha value is -2.96. The van der Waals surface area contributed by atoms with E-state index in [0.29, 0.717) is 32.5 Å². The second-order valence-corrected chi connectivity index (χ2v) is 8.52. The van der Waals surface area contributed by atoms with Crippen molar-refractivity contribution in [3.63, 3.8) is 0 Å². The van der Waals surface area contributed by atoms with Gasteiger partial charge in [-0.2, -0.15) is 0 Å². The molecule has 2 aliphatic heterocycles. The lowest BCUT2D eigenvalue weighted by Crippen LogP contribution is -2.44. The summed E-state index contributed by atoms with van der Waals surface area (Å²) in [6, 6.07) is 9.65. The summed E-state index contributed by atoms with van der Waals surface area (Å²) in [6.07, 6.45) is 8.44. The minimum atomic E-state index is -0.644. The standard InChI is InChI=1S/C25H30FN3O3/c26-23-18-27-12-11-22(23)25(31)28-13-4-8-24(30)29-14-2-1-6-20(29)10-9-19-5-3-7-21(17-19)32-16-15-28/h3,5,7,11-12,17-18,20H,1-2,4,6,8-10,13-16H2. The Bertz CT molecular complexity index is 952. The molecule has 170 valence electrons. The summed E-state index contributed by atoms with van der Waals surface area (Å²) in [5, 5.41) is 0. The topological polar surface area (TPSA) is 62.7 Å². The highest BCUT2D eigenvalue weighted by molar-refractivity contribution is 5.94. The third-order valence-electron chi connectivity index (χ3n) is 6.35. The molecule has 4 rings (SSSR count). The lowest BCUT2D eigenvalue weighted by Gasteiger charge is -2.36. The summed E-state index contributed by atoms with van der Waals surface area (Å²) in [5.74, 6) is -0.141. The molecule has 1 atom stereocenters. The minimum absolute atomic E-state index is 0.0117. The fourth-order valence-corrected chi connectivity index (χ4v) is 4.63. The van der Waals surface area contributed by atoms with Gasteiger partial charge >= 0.3 is 0 Å². The van der Waals surface area contributed by atoms with Gasteiger partial charge in [0.2, 0.25) is 5.91 Å². The van der Waals surface area contributed by atoms with Crippen molar-refractivity contribution < 1.29 is 18.7 Å². The predicted octanol–water partition coefficient (Wildman–Crippen LogP) is 3.85. The molecule has 2 aliphatic rings. The molecule has 2 aromatic rings. The van der Waals surface area contributed by atoms with Crippen LogP contribution in [0.25, 0.3) is 0 Å². The number of aromatic nitrogens is 1. The van der Waals surface area contributed by atoms with E-state index in [1.807, 2.05) is 23.1 Å². The van der Waals surface area contributed by atoms with Gasteiger partial charge in [-0.1, -0.05) is 12.1 Å². The lowest BCUT2D eigenvalue weighted by atomic mass is 9.95. The zero-order valence-corrected chi connectivity index (χ0v) is 18.3. The fraction of sp³-hybridized carbons (Fsp3) is 0.480. The van der Waals surface area contributed by atoms with Crippen LogP contribution in [-0.4, -0.2) is 58.9 Å². The highest BCUT2D eigenvalue weighted by Crippen LogP contribution is 2.24. The van der Waals surface area contributed by atoms with E-state index in [0.717, 1.165) is 50.6 Å². The van der Waals surface area contributed by atoms with Gasteiger partial charge in [0.15, 0.2) is 5.82 Å². The summed E-state index contributed by atoms with van der Waals surface area (Å²) < 4.78 is 20.1. The molecule has 2 amide bonds. The number of hydrogen-bond donors (Lipinski definition) is 0. The highest BCUT2D eigenvalue weighted by atomic mass is 19.1. The molecule has 0 saturated carbocycles. The first-order chi connectivity index (χ1) is 15.6. The van der Waals surface area contributed by atoms with Gasteiger partial charge in [0.05, 0.1) is 18.3 Å². The molecular formula is C25H30FN3O3. The maximum absolute atomic E-state index is 14.2. The van der Waals surface area contributed by atoms with Crippen LogP contribution in [-0.2, 0) is 11.2 Å². The van der Waals surface area contributed by atoms with Gasteiger partial charge in [0, 0.05) is 31.7 Å². The van der Waals surface area contributed by atoms with Crippen molar-refractivity contribution in [1.82, 2.24) is 14.8 Å². The number of ether oxygens (including phenoxy) is 1. The maximum Gasteiger partial charge on any atom is 0.257 e. The van der Waals surface area contributed by atoms with E-state index in [9.17, 15) is 14.0 Å². The Morgan fingerprint density at radius 3 is 2.84 bits per heavy atom. The molecule has 7 heteroatoms. The van der Waals surface area contributed by atoms with Crippen molar-refractivity contribution >= 4 is 11.8 Å². The number of fused-ring (bicyclic) bond motifs is 3. The number of halogens is 1. The van der Waals surface area contributed by atoms with E-state index >= 15 is 0 Å². The molecule has 0 spiro atoms. The van der Waals surface area contributed by atoms with Gasteiger partial charge in [-0.25, -0.2) is 4.39 Å². The smallest absolute Gasteiger partial charge is 0.257 e. The van der Waals surface area contributed by atoms with Gasteiger partial charge < -0.3 is 14.5 Å². The summed E-state index contributed by atoms with van der Waals surface area (Å²) in [6.45, 7) is 1.78. The zero-order chi connectivity index (χ0) is 22.3. The molecule has 1 aromatic carbocycles. The fourth-order valence-electron chi connectivity index (χ4n) is 4.63. The van der Waals surface area contributed by atoms with Gasteiger partial charge in [-0.3, -0.25) is 14.6 Å². The molecule has 6 nitrogen and oxygen atoms in total. The van der Waals surface area contributed by atoms with Crippen molar-refractivity contribution in [3.05, 3.63) is 59.7 Å². The Morgan fingerprint density at radius 2 is 1.97 bits per heavy atom. The third-order valence-corrected chi connectivity index (χ3v) is 6.35. The largest absolute Gasteiger partial charge is 0.492 e. The summed E-state index contributed by atoms with van der Waals surface area (Å²) in [4.78, 5) is 33.3. The van der Waals surface area contributed by atoms with E-state index < -0.39 is 11.7 Å². The number of piperidine rings is 1. The summed E-state index contributed by atoms with van der Waals surface area (Å²) in [5.41, 5.74) is 1.17. The van der Waals surface area contributed by atoms with Crippen LogP contribution < -0.4 is 4.74 Å². The average molecular weight is 440 g/mol. The van der Waals surface area contributed by atoms with Gasteiger partial charge in [-0.15, -0.1) is 0 Å². The van der Waals surface area contributed by atoms with Crippen LogP contribution >= 0.6 is 0 Å². The van der Waals surface area contributed by atoms with Crippen LogP contribution in [0, 0.1) is 5.82 Å². The molecule has 0 radical (unpaired) electrons. The molecule has 32 heavy (non-hydrogen) atoms. The van der Waals surface area contributed by atoms with Gasteiger partial charge in [-0.05, 0) is 62.3 Å². The van der Waals surface area contributed by atoms with Crippen LogP contribution in [0.2, 0.25) is 0 Å². The van der Waals surface area contributed by atoms with Gasteiger partial charge in [0.1, 0.15) is 12.4 Å². The molecule has 1 fully saturated rings. The number of aryl methyl sites for hydroxylation is 1. The van der Waals surface area contributed by atoms with E-state index in [4.69, 9.17) is 4.74 Å². The van der Waals surface area contributed by atoms with Crippen LogP contribution in [0.5, 0.6) is 5.75 Å². The summed E-state index contributed by atoms with van der Waals surface area (Å²) >= 11 is 0. The first-order valence-electron chi connectivity index (χ1n) is 11.5. The monoisotopic (exact) mass is 439 g/mol. The normalized spacial score (nSPS) is 20.5. The van der Waals surface area contributed by atoms with Crippen LogP contribution in [0.1, 0.15) is 54.4 Å². The second kappa shape index (κ2) is 10.6. The summed E-state index contributed by atoms with van der Waals surface area (Å²) in [7, 11) is 0. The van der Waals surface area contributed by atoms with E-state index in [1.54, 1.807) is 4.90 Å². The van der Waals surface area contributed by atoms with E-state index in [1.165, 1.54) is 17.8 Å². The number of amides is 2. The number of benzene rings is 1. The van der Waals surface area contributed by atoms with Crippen LogP contribution in [0.3, 0.4) is 0 Å². The number of hydrogen-bond acceptors (Lipinski definition) is 4. The molecule has 2 bridgehead atoms. The molecule has 1 unspecified atom stereocenters. The van der Waals surface area contributed by atoms with Crippen LogP contribution in [0.15, 0.2) is 42.7 Å². The Kier molecular flexibility index (Phi) is 7.35. The Morgan fingerprint density at radius 1 is 1.06 bits per heavy atom. The van der Waals surface area contributed by atoms with E-state index in [2.05, 4.69) is 11.1 Å². The van der Waals surface area contributed by atoms with E-state index in [-0.39, 0.29) is 17.5 Å². The number of carbonyl (C=O) groups excluding carboxylic acids is 2. The molecule has 1 aromatic heterocycles. The van der Waals surface area contributed by atoms with Crippen molar-refractivity contribution in [3.8, 4) is 5.75 Å². The number of pyridine rings is 1. The van der Waals surface area contributed by atoms with Crippen molar-refractivity contribution in [1.29, 1.82) is 0 Å². The first-order valence-corrected chi connectivity index (χ1v) is 11.5. The van der Waals surface area contributed by atoms with Gasteiger partial charge in [0.25, 0.3) is 5.91 Å². The Balaban J connectivity index is 1.54. The average Bonchev–Trinajstić information content (AvgIpc) is 2.82. The highest BCUT2D eigenvalue weighted by Gasteiger charge is 2.27. The quantitative estimate of drug-likeness (QED) is 0.677. The number of nitrogens with zero attached hydrogens (tertiary/aromatic N) is 3. The minimum Gasteiger partial charge on any atom is -0.492 e. The molecule has 3 heterocycles. The molecular weight excluding hydrogens is 409 g/mol. The lowest BCUT2D eigenvalue weighted by molar-refractivity contribution is -0.135. The zero-order valence-electron chi connectivity index (χ0n) is 18.3. The molecule has 0 N–H and O–H groups in total. The Labute approximate surface area is 188 Å². The SMILES string of the molecule is O=C(c1ccncc1F)N1CCCC(=O)N2CCCCC2CCc2cccc(c2)OCC1. The van der Waals surface area contributed by atoms with Crippen molar-refractivity contribution in [2.24, 2.45) is 0 Å². The molecule has 1 saturated heterocycles.